The highest BCUT2D eigenvalue weighted by molar-refractivity contribution is 5.57. The van der Waals surface area contributed by atoms with Crippen LogP contribution in [0.2, 0.25) is 0 Å². The van der Waals surface area contributed by atoms with Gasteiger partial charge < -0.3 is 9.84 Å². The number of carboxylic acid groups (broad SMARTS) is 1. The third-order valence-corrected chi connectivity index (χ3v) is 2.81. The molecule has 2 aliphatic rings. The second-order valence-electron chi connectivity index (χ2n) is 3.46. The Balaban J connectivity index is 1.85. The van der Waals surface area contributed by atoms with Crippen molar-refractivity contribution in [1.82, 2.24) is 0 Å². The number of fused-ring (bicyclic) bond motifs is 1. The van der Waals surface area contributed by atoms with Crippen LogP contribution in [0, 0.1) is 11.8 Å². The largest absolute Gasteiger partial charge is 0.506 e. The molecule has 0 radical (unpaired) electrons. The van der Waals surface area contributed by atoms with Crippen LogP contribution in [0.25, 0.3) is 0 Å². The molecule has 62 valence electrons. The van der Waals surface area contributed by atoms with Crippen molar-refractivity contribution in [2.45, 2.75) is 31.8 Å². The van der Waals surface area contributed by atoms with Gasteiger partial charge in [-0.1, -0.05) is 12.8 Å². The maximum atomic E-state index is 10.2. The molecule has 2 atom stereocenters. The van der Waals surface area contributed by atoms with Crippen LogP contribution in [-0.2, 0) is 4.74 Å². The Morgan fingerprint density at radius 2 is 1.82 bits per heavy atom. The molecule has 2 rings (SSSR count). The summed E-state index contributed by atoms with van der Waals surface area (Å²) in [4.78, 5) is 10.2. The molecule has 3 nitrogen and oxygen atoms in total. The molecule has 0 heterocycles. The van der Waals surface area contributed by atoms with E-state index < -0.39 is 6.16 Å². The van der Waals surface area contributed by atoms with E-state index in [-0.39, 0.29) is 6.10 Å². The highest BCUT2D eigenvalue weighted by Gasteiger charge is 2.53. The second kappa shape index (κ2) is 2.40. The average molecular weight is 156 g/mol. The van der Waals surface area contributed by atoms with Crippen LogP contribution in [0.5, 0.6) is 0 Å². The molecule has 11 heavy (non-hydrogen) atoms. The van der Waals surface area contributed by atoms with E-state index in [2.05, 4.69) is 0 Å². The van der Waals surface area contributed by atoms with Gasteiger partial charge in [0.2, 0.25) is 0 Å². The van der Waals surface area contributed by atoms with Crippen LogP contribution in [0.1, 0.15) is 25.7 Å². The summed E-state index contributed by atoms with van der Waals surface area (Å²) in [5, 5.41) is 8.35. The van der Waals surface area contributed by atoms with E-state index in [0.29, 0.717) is 11.8 Å². The maximum Gasteiger partial charge on any atom is 0.506 e. The molecule has 1 N–H and O–H groups in total. The molecule has 2 fully saturated rings. The Hall–Kier alpha value is -0.730. The van der Waals surface area contributed by atoms with Crippen molar-refractivity contribution in [2.75, 3.05) is 0 Å². The van der Waals surface area contributed by atoms with Gasteiger partial charge in [-0.15, -0.1) is 0 Å². The molecular weight excluding hydrogens is 144 g/mol. The van der Waals surface area contributed by atoms with Crippen LogP contribution in [0.4, 0.5) is 4.79 Å². The fourth-order valence-corrected chi connectivity index (χ4v) is 2.22. The molecule has 0 aliphatic heterocycles. The van der Waals surface area contributed by atoms with Gasteiger partial charge in [0.25, 0.3) is 0 Å². The summed E-state index contributed by atoms with van der Waals surface area (Å²) < 4.78 is 4.72. The molecule has 0 spiro atoms. The SMILES string of the molecule is O=C(O)OC1C2CCCCC21. The lowest BCUT2D eigenvalue weighted by atomic mass is 10.0. The molecule has 3 heteroatoms. The molecule has 2 unspecified atom stereocenters. The van der Waals surface area contributed by atoms with Gasteiger partial charge in [-0.2, -0.15) is 0 Å². The van der Waals surface area contributed by atoms with Crippen LogP contribution < -0.4 is 0 Å². The summed E-state index contributed by atoms with van der Waals surface area (Å²) in [5.74, 6) is 1.14. The van der Waals surface area contributed by atoms with E-state index in [0.717, 1.165) is 0 Å². The monoisotopic (exact) mass is 156 g/mol. The summed E-state index contributed by atoms with van der Waals surface area (Å²) in [6.45, 7) is 0. The van der Waals surface area contributed by atoms with E-state index in [1.165, 1.54) is 25.7 Å². The third kappa shape index (κ3) is 1.19. The summed E-state index contributed by atoms with van der Waals surface area (Å²) in [7, 11) is 0. The van der Waals surface area contributed by atoms with Crippen molar-refractivity contribution in [3.05, 3.63) is 0 Å². The smallest absolute Gasteiger partial charge is 0.450 e. The first-order chi connectivity index (χ1) is 5.29. The number of hydrogen-bond acceptors (Lipinski definition) is 2. The van der Waals surface area contributed by atoms with Crippen molar-refractivity contribution in [3.8, 4) is 0 Å². The third-order valence-electron chi connectivity index (χ3n) is 2.81. The van der Waals surface area contributed by atoms with Gasteiger partial charge in [0.1, 0.15) is 6.10 Å². The van der Waals surface area contributed by atoms with E-state index >= 15 is 0 Å². The van der Waals surface area contributed by atoms with Crippen LogP contribution >= 0.6 is 0 Å². The van der Waals surface area contributed by atoms with Crippen LogP contribution in [-0.4, -0.2) is 17.4 Å². The second-order valence-corrected chi connectivity index (χ2v) is 3.46. The van der Waals surface area contributed by atoms with Gasteiger partial charge in [0.15, 0.2) is 0 Å². The van der Waals surface area contributed by atoms with Crippen molar-refractivity contribution in [1.29, 1.82) is 0 Å². The van der Waals surface area contributed by atoms with E-state index in [4.69, 9.17) is 9.84 Å². The highest BCUT2D eigenvalue weighted by Crippen LogP contribution is 2.51. The van der Waals surface area contributed by atoms with Gasteiger partial charge >= 0.3 is 6.16 Å². The summed E-state index contributed by atoms with van der Waals surface area (Å²) >= 11 is 0. The minimum absolute atomic E-state index is 0.0509. The topological polar surface area (TPSA) is 46.5 Å². The summed E-state index contributed by atoms with van der Waals surface area (Å²) in [6, 6.07) is 0. The number of ether oxygens (including phenoxy) is 1. The Kier molecular flexibility index (Phi) is 1.51. The Morgan fingerprint density at radius 1 is 1.27 bits per heavy atom. The quantitative estimate of drug-likeness (QED) is 0.589. The van der Waals surface area contributed by atoms with Gasteiger partial charge in [0.05, 0.1) is 0 Å². The molecule has 0 amide bonds. The predicted molar refractivity (Wildman–Crippen MR) is 38.3 cm³/mol. The predicted octanol–water partition coefficient (Wildman–Crippen LogP) is 1.87. The fourth-order valence-electron chi connectivity index (χ4n) is 2.22. The first-order valence-corrected chi connectivity index (χ1v) is 4.18. The highest BCUT2D eigenvalue weighted by atomic mass is 16.7. The van der Waals surface area contributed by atoms with E-state index in [1.807, 2.05) is 0 Å². The molecule has 2 aliphatic carbocycles. The molecule has 0 aromatic rings. The average Bonchev–Trinajstić information content (AvgIpc) is 2.64. The lowest BCUT2D eigenvalue weighted by Gasteiger charge is -2.03. The van der Waals surface area contributed by atoms with Crippen molar-refractivity contribution in [2.24, 2.45) is 11.8 Å². The van der Waals surface area contributed by atoms with Gasteiger partial charge in [-0.25, -0.2) is 4.79 Å². The van der Waals surface area contributed by atoms with Crippen LogP contribution in [0.15, 0.2) is 0 Å². The Morgan fingerprint density at radius 3 is 2.27 bits per heavy atom. The van der Waals surface area contributed by atoms with Crippen LogP contribution in [0.3, 0.4) is 0 Å². The Bertz CT molecular complexity index is 166. The maximum absolute atomic E-state index is 10.2. The lowest BCUT2D eigenvalue weighted by molar-refractivity contribution is 0.0771. The zero-order valence-electron chi connectivity index (χ0n) is 6.32. The van der Waals surface area contributed by atoms with E-state index in [9.17, 15) is 4.79 Å². The molecule has 2 saturated carbocycles. The molecular formula is C8H12O3. The molecule has 0 saturated heterocycles. The van der Waals surface area contributed by atoms with Gasteiger partial charge in [0, 0.05) is 11.8 Å². The lowest BCUT2D eigenvalue weighted by Crippen LogP contribution is -2.04. The minimum Gasteiger partial charge on any atom is -0.450 e. The zero-order valence-corrected chi connectivity index (χ0v) is 6.32. The first kappa shape index (κ1) is 6.95. The standard InChI is InChI=1S/C8H12O3/c9-8(10)11-7-5-3-1-2-4-6(5)7/h5-7H,1-4H2,(H,9,10). The van der Waals surface area contributed by atoms with E-state index in [1.54, 1.807) is 0 Å². The van der Waals surface area contributed by atoms with Gasteiger partial charge in [-0.05, 0) is 12.8 Å². The molecule has 0 bridgehead atoms. The number of rotatable bonds is 1. The summed E-state index contributed by atoms with van der Waals surface area (Å²) in [5.41, 5.74) is 0. The molecule has 0 aromatic carbocycles. The van der Waals surface area contributed by atoms with Crippen molar-refractivity contribution in [3.63, 3.8) is 0 Å². The number of hydrogen-bond donors (Lipinski definition) is 1. The first-order valence-electron chi connectivity index (χ1n) is 4.18. The van der Waals surface area contributed by atoms with Crippen molar-refractivity contribution < 1.29 is 14.6 Å². The Labute approximate surface area is 65.4 Å². The normalized spacial score (nSPS) is 40.9. The summed E-state index contributed by atoms with van der Waals surface area (Å²) in [6.07, 6.45) is 3.78. The number of carbonyl (C=O) groups is 1. The van der Waals surface area contributed by atoms with Crippen molar-refractivity contribution >= 4 is 6.16 Å². The fraction of sp³-hybridized carbons (Fsp3) is 0.875. The minimum atomic E-state index is -1.11. The zero-order chi connectivity index (χ0) is 7.84. The van der Waals surface area contributed by atoms with Gasteiger partial charge in [-0.3, -0.25) is 0 Å². The molecule has 0 aromatic heterocycles.